The lowest BCUT2D eigenvalue weighted by Crippen LogP contribution is -2.52. The quantitative estimate of drug-likeness (QED) is 0.546. The molecule has 8 nitrogen and oxygen atoms in total. The van der Waals surface area contributed by atoms with Gasteiger partial charge in [0.15, 0.2) is 11.8 Å². The molecule has 180 valence electrons. The van der Waals surface area contributed by atoms with E-state index in [0.29, 0.717) is 39.4 Å². The highest BCUT2D eigenvalue weighted by Gasteiger charge is 2.44. The van der Waals surface area contributed by atoms with Gasteiger partial charge in [0.05, 0.1) is 18.8 Å². The van der Waals surface area contributed by atoms with Crippen molar-refractivity contribution in [1.82, 2.24) is 19.9 Å². The molecule has 0 aliphatic carbocycles. The molecule has 0 bridgehead atoms. The van der Waals surface area contributed by atoms with Crippen LogP contribution in [0.4, 0.5) is 34.0 Å². The third-order valence-corrected chi connectivity index (χ3v) is 5.55. The number of urea groups is 1. The van der Waals surface area contributed by atoms with Crippen LogP contribution in [0.1, 0.15) is 11.3 Å². The zero-order chi connectivity index (χ0) is 24.6. The van der Waals surface area contributed by atoms with Crippen molar-refractivity contribution in [3.8, 4) is 11.1 Å². The molecule has 1 aromatic carbocycles. The highest BCUT2D eigenvalue weighted by atomic mass is 19.4. The number of benzene rings is 1. The Morgan fingerprint density at radius 1 is 1.18 bits per heavy atom. The minimum absolute atomic E-state index is 0.0406. The van der Waals surface area contributed by atoms with E-state index in [9.17, 15) is 22.4 Å². The van der Waals surface area contributed by atoms with Gasteiger partial charge in [-0.2, -0.15) is 18.2 Å². The van der Waals surface area contributed by atoms with Crippen molar-refractivity contribution < 1.29 is 27.1 Å². The Bertz CT molecular complexity index is 1250. The predicted octanol–water partition coefficient (Wildman–Crippen LogP) is 4.28. The van der Waals surface area contributed by atoms with Gasteiger partial charge in [-0.15, -0.1) is 0 Å². The molecule has 34 heavy (non-hydrogen) atoms. The maximum Gasteiger partial charge on any atom is 0.416 e. The van der Waals surface area contributed by atoms with Crippen molar-refractivity contribution >= 4 is 28.7 Å². The van der Waals surface area contributed by atoms with Crippen LogP contribution in [-0.4, -0.2) is 64.9 Å². The number of fused-ring (bicyclic) bond motifs is 1. The van der Waals surface area contributed by atoms with Crippen molar-refractivity contribution in [2.75, 3.05) is 37.4 Å². The first-order valence-electron chi connectivity index (χ1n) is 10.4. The monoisotopic (exact) mass is 478 g/mol. The first-order chi connectivity index (χ1) is 16.1. The van der Waals surface area contributed by atoms with Gasteiger partial charge in [-0.05, 0) is 43.2 Å². The second-order valence-electron chi connectivity index (χ2n) is 7.90. The average molecular weight is 478 g/mol. The summed E-state index contributed by atoms with van der Waals surface area (Å²) < 4.78 is 58.4. The minimum Gasteiger partial charge on any atom is -0.365 e. The van der Waals surface area contributed by atoms with E-state index in [0.717, 1.165) is 4.90 Å². The molecule has 4 rings (SSSR count). The fourth-order valence-corrected chi connectivity index (χ4v) is 3.73. The van der Waals surface area contributed by atoms with Crippen LogP contribution in [0.2, 0.25) is 0 Å². The zero-order valence-electron chi connectivity index (χ0n) is 18.6. The number of carbonyl (C=O) groups is 1. The summed E-state index contributed by atoms with van der Waals surface area (Å²) in [5.41, 5.74) is 2.85. The molecule has 0 unspecified atom stereocenters. The van der Waals surface area contributed by atoms with Crippen molar-refractivity contribution in [3.63, 3.8) is 0 Å². The number of anilines is 2. The molecular formula is C22H22F4N6O2. The molecule has 1 saturated heterocycles. The summed E-state index contributed by atoms with van der Waals surface area (Å²) >= 11 is 0. The molecule has 1 aliphatic rings. The van der Waals surface area contributed by atoms with Crippen LogP contribution in [0.3, 0.4) is 0 Å². The van der Waals surface area contributed by atoms with E-state index in [1.54, 1.807) is 27.1 Å². The van der Waals surface area contributed by atoms with Gasteiger partial charge in [-0.1, -0.05) is 0 Å². The molecule has 1 fully saturated rings. The van der Waals surface area contributed by atoms with Gasteiger partial charge >= 0.3 is 12.2 Å². The number of aromatic nitrogens is 3. The number of aryl methyl sites for hydroxylation is 2. The fraction of sp³-hybridized carbons (Fsp3) is 0.364. The van der Waals surface area contributed by atoms with Gasteiger partial charge in [0.25, 0.3) is 0 Å². The summed E-state index contributed by atoms with van der Waals surface area (Å²) in [5.74, 6) is -0.283. The highest BCUT2D eigenvalue weighted by molar-refractivity contribution is 5.91. The highest BCUT2D eigenvalue weighted by Crippen LogP contribution is 2.33. The smallest absolute Gasteiger partial charge is 0.365 e. The van der Waals surface area contributed by atoms with Gasteiger partial charge in [-0.3, -0.25) is 0 Å². The van der Waals surface area contributed by atoms with E-state index in [1.807, 2.05) is 6.07 Å². The maximum atomic E-state index is 14.7. The number of hydrogen-bond donors (Lipinski definition) is 2. The molecule has 0 radical (unpaired) electrons. The minimum atomic E-state index is -4.60. The van der Waals surface area contributed by atoms with Gasteiger partial charge in [0.2, 0.25) is 5.95 Å². The lowest BCUT2D eigenvalue weighted by atomic mass is 9.97. The second-order valence-corrected chi connectivity index (χ2v) is 7.90. The molecule has 2 N–H and O–H groups in total. The largest absolute Gasteiger partial charge is 0.416 e. The number of ether oxygens (including phenoxy) is 1. The first kappa shape index (κ1) is 23.6. The van der Waals surface area contributed by atoms with Crippen LogP contribution < -0.4 is 10.6 Å². The number of morpholine rings is 1. The van der Waals surface area contributed by atoms with Crippen LogP contribution in [0.5, 0.6) is 0 Å². The Labute approximate surface area is 192 Å². The Hall–Kier alpha value is -3.54. The standard InChI is InChI=1S/C22H22F4N6O2/c1-11-6-16(23)17(30-21(33)32-4-5-34-18(10-32)22(24,25)26)8-14(11)15-7-13-9-28-20(27-3)31-19(13)29-12(15)2/h6-9,18H,4-5,10H2,1-3H3,(H,30,33)(H,27,28,29,31)/t18-/m0/s1. The van der Waals surface area contributed by atoms with Crippen molar-refractivity contribution in [1.29, 1.82) is 0 Å². The molecular weight excluding hydrogens is 456 g/mol. The number of nitrogens with zero attached hydrogens (tertiary/aromatic N) is 4. The Kier molecular flexibility index (Phi) is 6.26. The van der Waals surface area contributed by atoms with Crippen LogP contribution in [-0.2, 0) is 4.74 Å². The van der Waals surface area contributed by atoms with Crippen LogP contribution in [0.25, 0.3) is 22.2 Å². The van der Waals surface area contributed by atoms with E-state index < -0.39 is 30.7 Å². The van der Waals surface area contributed by atoms with E-state index in [2.05, 4.69) is 25.6 Å². The molecule has 2 amide bonds. The van der Waals surface area contributed by atoms with Gasteiger partial charge in [-0.25, -0.2) is 19.2 Å². The van der Waals surface area contributed by atoms with E-state index in [1.165, 1.54) is 12.1 Å². The number of halogens is 4. The summed E-state index contributed by atoms with van der Waals surface area (Å²) in [7, 11) is 1.69. The van der Waals surface area contributed by atoms with Crippen LogP contribution in [0.15, 0.2) is 24.4 Å². The molecule has 0 saturated carbocycles. The number of amides is 2. The number of pyridine rings is 1. The third-order valence-electron chi connectivity index (χ3n) is 5.55. The summed E-state index contributed by atoms with van der Waals surface area (Å²) in [5, 5.41) is 5.91. The first-order valence-corrected chi connectivity index (χ1v) is 10.4. The van der Waals surface area contributed by atoms with Gasteiger partial charge in [0, 0.05) is 36.4 Å². The van der Waals surface area contributed by atoms with Crippen LogP contribution >= 0.6 is 0 Å². The maximum absolute atomic E-state index is 14.7. The summed E-state index contributed by atoms with van der Waals surface area (Å²) in [4.78, 5) is 26.6. The van der Waals surface area contributed by atoms with E-state index in [-0.39, 0.29) is 18.8 Å². The number of hydrogen-bond acceptors (Lipinski definition) is 6. The van der Waals surface area contributed by atoms with Crippen LogP contribution in [0, 0.1) is 19.7 Å². The average Bonchev–Trinajstić information content (AvgIpc) is 2.79. The molecule has 1 atom stereocenters. The number of nitrogens with one attached hydrogen (secondary N) is 2. The van der Waals surface area contributed by atoms with Crippen molar-refractivity contribution in [2.45, 2.75) is 26.1 Å². The topological polar surface area (TPSA) is 92.3 Å². The summed E-state index contributed by atoms with van der Waals surface area (Å²) in [6, 6.07) is 3.68. The molecule has 0 spiro atoms. The summed E-state index contributed by atoms with van der Waals surface area (Å²) in [6.07, 6.45) is -5.07. The van der Waals surface area contributed by atoms with Crippen molar-refractivity contribution in [3.05, 3.63) is 41.5 Å². The molecule has 1 aliphatic heterocycles. The van der Waals surface area contributed by atoms with Gasteiger partial charge < -0.3 is 20.3 Å². The lowest BCUT2D eigenvalue weighted by molar-refractivity contribution is -0.233. The normalized spacial score (nSPS) is 16.6. The number of carbonyl (C=O) groups excluding carboxylic acids is 1. The predicted molar refractivity (Wildman–Crippen MR) is 118 cm³/mol. The molecule has 3 aromatic rings. The summed E-state index contributed by atoms with van der Waals surface area (Å²) in [6.45, 7) is 2.52. The third kappa shape index (κ3) is 4.72. The number of alkyl halides is 3. The molecule has 12 heteroatoms. The lowest BCUT2D eigenvalue weighted by Gasteiger charge is -2.33. The van der Waals surface area contributed by atoms with Crippen molar-refractivity contribution in [2.24, 2.45) is 0 Å². The zero-order valence-corrected chi connectivity index (χ0v) is 18.6. The Morgan fingerprint density at radius 2 is 1.94 bits per heavy atom. The Morgan fingerprint density at radius 3 is 2.65 bits per heavy atom. The molecule has 3 heterocycles. The second kappa shape index (κ2) is 9.01. The van der Waals surface area contributed by atoms with Gasteiger partial charge in [0.1, 0.15) is 5.82 Å². The van der Waals surface area contributed by atoms with E-state index in [4.69, 9.17) is 4.74 Å². The SMILES string of the molecule is CNc1ncc2cc(-c3cc(NC(=O)N4CCO[C@H](C(F)(F)F)C4)c(F)cc3C)c(C)nc2n1. The Balaban J connectivity index is 1.64. The van der Waals surface area contributed by atoms with E-state index >= 15 is 0 Å². The molecule has 2 aromatic heterocycles. The fourth-order valence-electron chi connectivity index (χ4n) is 3.73. The number of rotatable bonds is 3.